The number of benzene rings is 2. The van der Waals surface area contributed by atoms with Gasteiger partial charge in [0.1, 0.15) is 5.82 Å². The Labute approximate surface area is 164 Å². The number of carbonyl (C=O) groups excluding carboxylic acids is 2. The van der Waals surface area contributed by atoms with Gasteiger partial charge in [0.25, 0.3) is 0 Å². The Morgan fingerprint density at radius 3 is 2.29 bits per heavy atom. The van der Waals surface area contributed by atoms with E-state index in [1.807, 2.05) is 38.1 Å². The minimum atomic E-state index is -0.303. The Bertz CT molecular complexity index is 885. The molecule has 1 N–H and O–H groups in total. The Balaban J connectivity index is 1.54. The van der Waals surface area contributed by atoms with Gasteiger partial charge in [-0.25, -0.2) is 9.18 Å². The van der Waals surface area contributed by atoms with Crippen molar-refractivity contribution in [2.24, 2.45) is 0 Å². The molecule has 0 atom stereocenters. The van der Waals surface area contributed by atoms with Gasteiger partial charge in [-0.2, -0.15) is 0 Å². The minimum Gasteiger partial charge on any atom is -0.336 e. The minimum absolute atomic E-state index is 0.0967. The number of piperazine rings is 1. The fourth-order valence-electron chi connectivity index (χ4n) is 3.13. The van der Waals surface area contributed by atoms with E-state index in [0.29, 0.717) is 26.2 Å². The molecule has 1 aliphatic heterocycles. The van der Waals surface area contributed by atoms with E-state index in [9.17, 15) is 14.0 Å². The molecule has 0 aromatic heterocycles. The molecule has 0 unspecified atom stereocenters. The molecule has 146 valence electrons. The van der Waals surface area contributed by atoms with Crippen LogP contribution in [0.5, 0.6) is 0 Å². The summed E-state index contributed by atoms with van der Waals surface area (Å²) < 4.78 is 13.0. The van der Waals surface area contributed by atoms with Crippen LogP contribution in [-0.2, 0) is 4.79 Å². The van der Waals surface area contributed by atoms with Crippen LogP contribution in [0.4, 0.5) is 14.9 Å². The van der Waals surface area contributed by atoms with Crippen molar-refractivity contribution in [3.8, 4) is 0 Å². The van der Waals surface area contributed by atoms with E-state index in [4.69, 9.17) is 0 Å². The maximum absolute atomic E-state index is 13.0. The lowest BCUT2D eigenvalue weighted by Gasteiger charge is -2.34. The van der Waals surface area contributed by atoms with E-state index in [2.05, 4.69) is 5.32 Å². The summed E-state index contributed by atoms with van der Waals surface area (Å²) in [5, 5.41) is 2.90. The number of hydrogen-bond donors (Lipinski definition) is 1. The van der Waals surface area contributed by atoms with E-state index in [1.165, 1.54) is 12.1 Å². The fourth-order valence-corrected chi connectivity index (χ4v) is 3.13. The number of urea groups is 1. The normalized spacial score (nSPS) is 14.8. The zero-order valence-electron chi connectivity index (χ0n) is 16.1. The Hall–Kier alpha value is -3.15. The zero-order chi connectivity index (χ0) is 20.1. The predicted octanol–water partition coefficient (Wildman–Crippen LogP) is 3.91. The predicted molar refractivity (Wildman–Crippen MR) is 108 cm³/mol. The highest BCUT2D eigenvalue weighted by Gasteiger charge is 2.23. The molecular formula is C22H24FN3O2. The SMILES string of the molecule is C/C(=C/C(=O)N1CCN(C(=O)Nc2cccc(C)c2)CC1)c1ccc(F)cc1. The quantitative estimate of drug-likeness (QED) is 0.820. The molecular weight excluding hydrogens is 357 g/mol. The van der Waals surface area contributed by atoms with Crippen molar-refractivity contribution in [3.05, 3.63) is 71.6 Å². The summed E-state index contributed by atoms with van der Waals surface area (Å²) in [6, 6.07) is 13.6. The van der Waals surface area contributed by atoms with Crippen LogP contribution in [0, 0.1) is 12.7 Å². The van der Waals surface area contributed by atoms with Gasteiger partial charge in [0.15, 0.2) is 0 Å². The second-order valence-corrected chi connectivity index (χ2v) is 6.95. The summed E-state index contributed by atoms with van der Waals surface area (Å²) in [6.07, 6.45) is 1.57. The van der Waals surface area contributed by atoms with Gasteiger partial charge >= 0.3 is 6.03 Å². The molecule has 0 spiro atoms. The summed E-state index contributed by atoms with van der Waals surface area (Å²) in [4.78, 5) is 28.4. The lowest BCUT2D eigenvalue weighted by Crippen LogP contribution is -2.51. The maximum atomic E-state index is 13.0. The number of nitrogens with zero attached hydrogens (tertiary/aromatic N) is 2. The summed E-state index contributed by atoms with van der Waals surface area (Å²) in [5.41, 5.74) is 3.44. The number of amides is 3. The maximum Gasteiger partial charge on any atom is 0.321 e. The molecule has 3 amide bonds. The first kappa shape index (κ1) is 19.6. The molecule has 28 heavy (non-hydrogen) atoms. The third-order valence-corrected chi connectivity index (χ3v) is 4.79. The van der Waals surface area contributed by atoms with Crippen molar-refractivity contribution < 1.29 is 14.0 Å². The van der Waals surface area contributed by atoms with Gasteiger partial charge in [0.05, 0.1) is 0 Å². The number of anilines is 1. The van der Waals surface area contributed by atoms with Crippen LogP contribution in [0.3, 0.4) is 0 Å². The monoisotopic (exact) mass is 381 g/mol. The molecule has 1 aliphatic rings. The van der Waals surface area contributed by atoms with Crippen molar-refractivity contribution in [2.45, 2.75) is 13.8 Å². The van der Waals surface area contributed by atoms with Gasteiger partial charge < -0.3 is 15.1 Å². The van der Waals surface area contributed by atoms with Crippen LogP contribution in [-0.4, -0.2) is 47.9 Å². The van der Waals surface area contributed by atoms with Crippen LogP contribution in [0.15, 0.2) is 54.6 Å². The summed E-state index contributed by atoms with van der Waals surface area (Å²) in [5.74, 6) is -0.400. The van der Waals surface area contributed by atoms with Crippen LogP contribution in [0.25, 0.3) is 5.57 Å². The number of allylic oxidation sites excluding steroid dienone is 1. The van der Waals surface area contributed by atoms with E-state index < -0.39 is 0 Å². The van der Waals surface area contributed by atoms with Gasteiger partial charge in [0, 0.05) is 37.9 Å². The Kier molecular flexibility index (Phi) is 6.09. The first-order valence-corrected chi connectivity index (χ1v) is 9.28. The number of carbonyl (C=O) groups is 2. The number of halogens is 1. The molecule has 2 aromatic carbocycles. The summed E-state index contributed by atoms with van der Waals surface area (Å²) in [6.45, 7) is 5.72. The first-order valence-electron chi connectivity index (χ1n) is 9.28. The summed E-state index contributed by atoms with van der Waals surface area (Å²) in [7, 11) is 0. The highest BCUT2D eigenvalue weighted by molar-refractivity contribution is 5.95. The van der Waals surface area contributed by atoms with Crippen molar-refractivity contribution in [3.63, 3.8) is 0 Å². The van der Waals surface area contributed by atoms with Crippen LogP contribution >= 0.6 is 0 Å². The number of rotatable bonds is 3. The van der Waals surface area contributed by atoms with E-state index >= 15 is 0 Å². The highest BCUT2D eigenvalue weighted by Crippen LogP contribution is 2.16. The summed E-state index contributed by atoms with van der Waals surface area (Å²) >= 11 is 0. The van der Waals surface area contributed by atoms with Crippen LogP contribution in [0.2, 0.25) is 0 Å². The molecule has 2 aromatic rings. The molecule has 0 aliphatic carbocycles. The topological polar surface area (TPSA) is 52.7 Å². The van der Waals surface area contributed by atoms with Crippen LogP contribution < -0.4 is 5.32 Å². The lowest BCUT2D eigenvalue weighted by molar-refractivity contribution is -0.127. The van der Waals surface area contributed by atoms with Crippen molar-refractivity contribution in [2.75, 3.05) is 31.5 Å². The van der Waals surface area contributed by atoms with Gasteiger partial charge in [-0.1, -0.05) is 24.3 Å². The fraction of sp³-hybridized carbons (Fsp3) is 0.273. The lowest BCUT2D eigenvalue weighted by atomic mass is 10.1. The Morgan fingerprint density at radius 2 is 1.64 bits per heavy atom. The standard InChI is InChI=1S/C22H24FN3O2/c1-16-4-3-5-20(14-16)24-22(28)26-12-10-25(11-13-26)21(27)15-17(2)18-6-8-19(23)9-7-18/h3-9,14-15H,10-13H2,1-2H3,(H,24,28)/b17-15-. The van der Waals surface area contributed by atoms with Gasteiger partial charge in [0.2, 0.25) is 5.91 Å². The number of aryl methyl sites for hydroxylation is 1. The average Bonchev–Trinajstić information content (AvgIpc) is 2.68. The second kappa shape index (κ2) is 8.69. The molecule has 1 fully saturated rings. The highest BCUT2D eigenvalue weighted by atomic mass is 19.1. The third kappa shape index (κ3) is 4.97. The zero-order valence-corrected chi connectivity index (χ0v) is 16.1. The third-order valence-electron chi connectivity index (χ3n) is 4.79. The molecule has 1 saturated heterocycles. The van der Waals surface area contributed by atoms with Crippen molar-refractivity contribution >= 4 is 23.2 Å². The van der Waals surface area contributed by atoms with Crippen molar-refractivity contribution in [1.82, 2.24) is 9.80 Å². The Morgan fingerprint density at radius 1 is 1.00 bits per heavy atom. The van der Waals surface area contributed by atoms with Crippen molar-refractivity contribution in [1.29, 1.82) is 0 Å². The molecule has 0 saturated carbocycles. The largest absolute Gasteiger partial charge is 0.336 e. The van der Waals surface area contributed by atoms with E-state index in [0.717, 1.165) is 22.4 Å². The first-order chi connectivity index (χ1) is 13.4. The molecule has 0 radical (unpaired) electrons. The van der Waals surface area contributed by atoms with Gasteiger partial charge in [-0.15, -0.1) is 0 Å². The van der Waals surface area contributed by atoms with E-state index in [1.54, 1.807) is 28.0 Å². The molecule has 1 heterocycles. The second-order valence-electron chi connectivity index (χ2n) is 6.95. The smallest absolute Gasteiger partial charge is 0.321 e. The molecule has 5 nitrogen and oxygen atoms in total. The average molecular weight is 381 g/mol. The van der Waals surface area contributed by atoms with Gasteiger partial charge in [-0.05, 0) is 54.8 Å². The van der Waals surface area contributed by atoms with Gasteiger partial charge in [-0.3, -0.25) is 4.79 Å². The molecule has 6 heteroatoms. The number of hydrogen-bond acceptors (Lipinski definition) is 2. The number of nitrogens with one attached hydrogen (secondary N) is 1. The molecule has 0 bridgehead atoms. The van der Waals surface area contributed by atoms with Crippen LogP contribution in [0.1, 0.15) is 18.1 Å². The van der Waals surface area contributed by atoms with E-state index in [-0.39, 0.29) is 17.8 Å². The molecule has 3 rings (SSSR count).